The van der Waals surface area contributed by atoms with Crippen molar-refractivity contribution in [2.75, 3.05) is 44.5 Å². The van der Waals surface area contributed by atoms with E-state index in [0.717, 1.165) is 17.9 Å². The van der Waals surface area contributed by atoms with Crippen LogP contribution in [0.15, 0.2) is 29.3 Å². The number of sulfone groups is 1. The van der Waals surface area contributed by atoms with Crippen LogP contribution in [0.25, 0.3) is 0 Å². The van der Waals surface area contributed by atoms with Gasteiger partial charge in [-0.2, -0.15) is 0 Å². The van der Waals surface area contributed by atoms with Crippen LogP contribution >= 0.6 is 24.0 Å². The van der Waals surface area contributed by atoms with Crippen LogP contribution in [0.4, 0.5) is 5.69 Å². The zero-order valence-corrected chi connectivity index (χ0v) is 20.6. The Morgan fingerprint density at radius 1 is 1.21 bits per heavy atom. The fourth-order valence-electron chi connectivity index (χ4n) is 2.08. The van der Waals surface area contributed by atoms with Crippen molar-refractivity contribution >= 4 is 45.5 Å². The summed E-state index contributed by atoms with van der Waals surface area (Å²) in [6.45, 7) is 9.17. The van der Waals surface area contributed by atoms with Crippen molar-refractivity contribution in [2.24, 2.45) is 4.99 Å². The number of aliphatic imine (C=N–C) groups is 1. The van der Waals surface area contributed by atoms with Gasteiger partial charge in [-0.05, 0) is 39.8 Å². The predicted molar refractivity (Wildman–Crippen MR) is 127 cm³/mol. The maximum Gasteiger partial charge on any atom is 0.195 e. The molecule has 0 amide bonds. The normalized spacial score (nSPS) is 12.2. The third-order valence-electron chi connectivity index (χ3n) is 3.77. The molecule has 0 atom stereocenters. The van der Waals surface area contributed by atoms with Crippen molar-refractivity contribution in [3.05, 3.63) is 24.3 Å². The summed E-state index contributed by atoms with van der Waals surface area (Å²) in [4.78, 5) is 4.38. The number of halogens is 1. The second-order valence-corrected chi connectivity index (χ2v) is 9.90. The van der Waals surface area contributed by atoms with Gasteiger partial charge in [-0.25, -0.2) is 8.42 Å². The summed E-state index contributed by atoms with van der Waals surface area (Å²) in [7, 11) is -1.53. The van der Waals surface area contributed by atoms with Crippen LogP contribution in [0.2, 0.25) is 0 Å². The lowest BCUT2D eigenvalue weighted by molar-refractivity contribution is 0.172. The Hall–Kier alpha value is -1.07. The second kappa shape index (κ2) is 13.2. The van der Waals surface area contributed by atoms with Crippen molar-refractivity contribution in [3.63, 3.8) is 0 Å². The molecule has 0 aliphatic rings. The Labute approximate surface area is 186 Å². The quantitative estimate of drug-likeness (QED) is 0.210. The van der Waals surface area contributed by atoms with E-state index in [1.165, 1.54) is 0 Å². The lowest BCUT2D eigenvalue weighted by Gasteiger charge is -2.18. The molecule has 1 aromatic rings. The van der Waals surface area contributed by atoms with Gasteiger partial charge in [-0.3, -0.25) is 4.99 Å². The van der Waals surface area contributed by atoms with Crippen LogP contribution in [-0.4, -0.2) is 58.3 Å². The molecule has 1 rings (SSSR count). The summed E-state index contributed by atoms with van der Waals surface area (Å²) in [6, 6.07) is 7.56. The highest BCUT2D eigenvalue weighted by Gasteiger charge is 2.28. The van der Waals surface area contributed by atoms with Gasteiger partial charge in [-0.15, -0.1) is 24.0 Å². The van der Waals surface area contributed by atoms with Gasteiger partial charge in [0, 0.05) is 38.4 Å². The summed E-state index contributed by atoms with van der Waals surface area (Å²) in [5.74, 6) is 1.30. The molecule has 0 heterocycles. The summed E-state index contributed by atoms with van der Waals surface area (Å²) < 4.78 is 34.3. The largest absolute Gasteiger partial charge is 0.493 e. The Kier molecular flexibility index (Phi) is 12.7. The smallest absolute Gasteiger partial charge is 0.195 e. The van der Waals surface area contributed by atoms with Crippen LogP contribution in [0.1, 0.15) is 34.1 Å². The average molecular weight is 527 g/mol. The van der Waals surface area contributed by atoms with Crippen LogP contribution < -0.4 is 15.4 Å². The van der Waals surface area contributed by atoms with Gasteiger partial charge < -0.3 is 20.1 Å². The van der Waals surface area contributed by atoms with E-state index < -0.39 is 14.6 Å². The minimum Gasteiger partial charge on any atom is -0.493 e. The van der Waals surface area contributed by atoms with Gasteiger partial charge >= 0.3 is 0 Å². The molecule has 0 unspecified atom stereocenters. The Balaban J connectivity index is 0.00000729. The highest BCUT2D eigenvalue weighted by atomic mass is 127. The first-order valence-corrected chi connectivity index (χ1v) is 10.8. The topological polar surface area (TPSA) is 89.0 Å². The molecule has 0 aliphatic carbocycles. The van der Waals surface area contributed by atoms with Crippen molar-refractivity contribution in [1.29, 1.82) is 0 Å². The first-order valence-electron chi connectivity index (χ1n) is 9.19. The zero-order valence-electron chi connectivity index (χ0n) is 17.4. The first kappa shape index (κ1) is 26.9. The lowest BCUT2D eigenvalue weighted by Crippen LogP contribution is -2.33. The van der Waals surface area contributed by atoms with E-state index in [9.17, 15) is 8.42 Å². The van der Waals surface area contributed by atoms with Crippen molar-refractivity contribution < 1.29 is 17.9 Å². The van der Waals surface area contributed by atoms with Crippen LogP contribution in [0.5, 0.6) is 5.75 Å². The molecule has 0 radical (unpaired) electrons. The number of ether oxygens (including phenoxy) is 2. The van der Waals surface area contributed by atoms with Crippen molar-refractivity contribution in [2.45, 2.75) is 38.9 Å². The molecule has 0 fully saturated rings. The van der Waals surface area contributed by atoms with Gasteiger partial charge in [-0.1, -0.05) is 6.07 Å². The fourth-order valence-corrected chi connectivity index (χ4v) is 3.03. The van der Waals surface area contributed by atoms with E-state index in [0.29, 0.717) is 25.7 Å². The van der Waals surface area contributed by atoms with Gasteiger partial charge in [0.1, 0.15) is 5.75 Å². The number of guanidine groups is 1. The Morgan fingerprint density at radius 3 is 2.54 bits per heavy atom. The van der Waals surface area contributed by atoms with Gasteiger partial charge in [0.25, 0.3) is 0 Å². The highest BCUT2D eigenvalue weighted by Crippen LogP contribution is 2.18. The van der Waals surface area contributed by atoms with Gasteiger partial charge in [0.2, 0.25) is 0 Å². The van der Waals surface area contributed by atoms with Crippen LogP contribution in [0.3, 0.4) is 0 Å². The fraction of sp³-hybridized carbons (Fsp3) is 0.632. The minimum absolute atomic E-state index is 0. The summed E-state index contributed by atoms with van der Waals surface area (Å²) in [5, 5.41) is 6.31. The van der Waals surface area contributed by atoms with Crippen molar-refractivity contribution in [3.8, 4) is 5.75 Å². The Morgan fingerprint density at radius 2 is 1.93 bits per heavy atom. The first-order chi connectivity index (χ1) is 12.7. The van der Waals surface area contributed by atoms with E-state index in [4.69, 9.17) is 9.47 Å². The van der Waals surface area contributed by atoms with E-state index in [1.54, 1.807) is 27.9 Å². The number of nitrogens with one attached hydrogen (secondary N) is 2. The maximum atomic E-state index is 12.2. The number of benzene rings is 1. The highest BCUT2D eigenvalue weighted by molar-refractivity contribution is 14.0. The van der Waals surface area contributed by atoms with Crippen molar-refractivity contribution in [1.82, 2.24) is 5.32 Å². The van der Waals surface area contributed by atoms with Crippen LogP contribution in [-0.2, 0) is 14.6 Å². The number of hydrogen-bond donors (Lipinski definition) is 2. The lowest BCUT2D eigenvalue weighted by atomic mass is 10.3. The molecule has 28 heavy (non-hydrogen) atoms. The monoisotopic (exact) mass is 527 g/mol. The van der Waals surface area contributed by atoms with E-state index in [-0.39, 0.29) is 36.3 Å². The number of anilines is 1. The number of rotatable bonds is 10. The zero-order chi connectivity index (χ0) is 20.3. The molecule has 0 saturated carbocycles. The van der Waals surface area contributed by atoms with Gasteiger partial charge in [0.05, 0.1) is 23.7 Å². The standard InChI is InChI=1S/C19H33N3O4S.HI/c1-6-20-18(21-11-14-27(23,24)19(2,3)4)22-16-9-7-10-17(15-16)26-13-8-12-25-5;/h7,9-10,15H,6,8,11-14H2,1-5H3,(H2,20,21,22);1H. The molecule has 0 aliphatic heterocycles. The SMILES string of the molecule is CCNC(=NCCS(=O)(=O)C(C)(C)C)Nc1cccc(OCCCOC)c1.I. The average Bonchev–Trinajstić information content (AvgIpc) is 2.58. The van der Waals surface area contributed by atoms with E-state index in [2.05, 4.69) is 15.6 Å². The molecular weight excluding hydrogens is 493 g/mol. The molecular formula is C19H34IN3O4S. The number of methoxy groups -OCH3 is 1. The molecule has 2 N–H and O–H groups in total. The van der Waals surface area contributed by atoms with Crippen LogP contribution in [0, 0.1) is 0 Å². The molecule has 9 heteroatoms. The number of hydrogen-bond acceptors (Lipinski definition) is 5. The predicted octanol–water partition coefficient (Wildman–Crippen LogP) is 3.31. The summed E-state index contributed by atoms with van der Waals surface area (Å²) >= 11 is 0. The van der Waals surface area contributed by atoms with E-state index >= 15 is 0 Å². The summed E-state index contributed by atoms with van der Waals surface area (Å²) in [5.41, 5.74) is 0.817. The molecule has 7 nitrogen and oxygen atoms in total. The summed E-state index contributed by atoms with van der Waals surface area (Å²) in [6.07, 6.45) is 0.820. The minimum atomic E-state index is -3.20. The molecule has 0 spiro atoms. The molecule has 0 saturated heterocycles. The maximum absolute atomic E-state index is 12.2. The van der Waals surface area contributed by atoms with E-state index in [1.807, 2.05) is 31.2 Å². The molecule has 0 bridgehead atoms. The van der Waals surface area contributed by atoms with Gasteiger partial charge in [0.15, 0.2) is 15.8 Å². The number of nitrogens with zero attached hydrogens (tertiary/aromatic N) is 1. The third kappa shape index (κ3) is 9.92. The molecule has 0 aromatic heterocycles. The molecule has 162 valence electrons. The third-order valence-corrected chi connectivity index (χ3v) is 6.35. The second-order valence-electron chi connectivity index (χ2n) is 7.04. The Bertz CT molecular complexity index is 703. The molecule has 1 aromatic carbocycles.